The fourth-order valence-electron chi connectivity index (χ4n) is 5.09. The molecule has 0 N–H and O–H groups in total. The highest BCUT2D eigenvalue weighted by molar-refractivity contribution is 7.90. The van der Waals surface area contributed by atoms with E-state index in [1.54, 1.807) is 57.2 Å². The monoisotopic (exact) mass is 597 g/mol. The predicted molar refractivity (Wildman–Crippen MR) is 150 cm³/mol. The Hall–Kier alpha value is -4.23. The zero-order valence-corrected chi connectivity index (χ0v) is 24.1. The van der Waals surface area contributed by atoms with Gasteiger partial charge in [-0.1, -0.05) is 36.4 Å². The van der Waals surface area contributed by atoms with Crippen LogP contribution in [0.1, 0.15) is 44.4 Å². The number of ether oxygens (including phenoxy) is 1. The fourth-order valence-corrected chi connectivity index (χ4v) is 8.11. The summed E-state index contributed by atoms with van der Waals surface area (Å²) >= 11 is 0. The number of hydrogen-bond donors (Lipinski definition) is 0. The Morgan fingerprint density at radius 2 is 1.63 bits per heavy atom. The number of nitro benzene ring substituents is 1. The van der Waals surface area contributed by atoms with Crippen molar-refractivity contribution < 1.29 is 31.3 Å². The maximum Gasteiger partial charge on any atom is 0.424 e. The number of benzene rings is 3. The number of para-hydroxylation sites is 1. The third-order valence-electron chi connectivity index (χ3n) is 6.77. The van der Waals surface area contributed by atoms with Crippen LogP contribution in [0.25, 0.3) is 10.9 Å². The van der Waals surface area contributed by atoms with Gasteiger partial charge in [-0.25, -0.2) is 25.6 Å². The van der Waals surface area contributed by atoms with Gasteiger partial charge < -0.3 is 4.74 Å². The lowest BCUT2D eigenvalue weighted by Crippen LogP contribution is -2.42. The molecule has 1 aliphatic carbocycles. The van der Waals surface area contributed by atoms with Crippen molar-refractivity contribution in [1.82, 2.24) is 8.28 Å². The van der Waals surface area contributed by atoms with Crippen LogP contribution in [0.5, 0.6) is 0 Å². The van der Waals surface area contributed by atoms with Gasteiger partial charge in [-0.05, 0) is 75.1 Å². The van der Waals surface area contributed by atoms with Crippen LogP contribution >= 0.6 is 0 Å². The lowest BCUT2D eigenvalue weighted by molar-refractivity contribution is -0.387. The normalized spacial score (nSPS) is 15.4. The van der Waals surface area contributed by atoms with Gasteiger partial charge in [0.2, 0.25) is 0 Å². The fraction of sp³-hybridized carbons (Fsp3) is 0.250. The van der Waals surface area contributed by atoms with Gasteiger partial charge in [-0.2, -0.15) is 4.31 Å². The first-order chi connectivity index (χ1) is 19.2. The summed E-state index contributed by atoms with van der Waals surface area (Å²) in [6.07, 6.45) is 0.775. The molecule has 1 heterocycles. The molecule has 0 saturated heterocycles. The van der Waals surface area contributed by atoms with Gasteiger partial charge in [0.15, 0.2) is 4.90 Å². The van der Waals surface area contributed by atoms with Gasteiger partial charge >= 0.3 is 6.09 Å². The first-order valence-electron chi connectivity index (χ1n) is 12.7. The minimum atomic E-state index is -4.77. The molecule has 5 rings (SSSR count). The van der Waals surface area contributed by atoms with E-state index in [1.807, 2.05) is 0 Å². The molecule has 0 fully saturated rings. The second-order valence-corrected chi connectivity index (χ2v) is 14.2. The Kier molecular flexibility index (Phi) is 6.90. The number of rotatable bonds is 6. The lowest BCUT2D eigenvalue weighted by Gasteiger charge is -2.31. The van der Waals surface area contributed by atoms with Crippen molar-refractivity contribution in [3.05, 3.63) is 100 Å². The summed E-state index contributed by atoms with van der Waals surface area (Å²) in [6, 6.07) is 16.6. The molecule has 41 heavy (non-hydrogen) atoms. The zero-order chi connectivity index (χ0) is 29.7. The number of aromatic nitrogens is 1. The molecule has 13 heteroatoms. The van der Waals surface area contributed by atoms with Crippen molar-refractivity contribution >= 4 is 42.7 Å². The molecule has 0 aliphatic heterocycles. The summed E-state index contributed by atoms with van der Waals surface area (Å²) in [5.74, 6) is 0. The quantitative estimate of drug-likeness (QED) is 0.212. The Bertz CT molecular complexity index is 1890. The van der Waals surface area contributed by atoms with E-state index in [1.165, 1.54) is 34.4 Å². The molecule has 1 aromatic heterocycles. The van der Waals surface area contributed by atoms with Crippen LogP contribution in [0, 0.1) is 10.1 Å². The Balaban J connectivity index is 1.65. The van der Waals surface area contributed by atoms with Gasteiger partial charge in [0.1, 0.15) is 5.60 Å². The largest absolute Gasteiger partial charge is 0.443 e. The van der Waals surface area contributed by atoms with Gasteiger partial charge in [0.05, 0.1) is 21.4 Å². The summed E-state index contributed by atoms with van der Waals surface area (Å²) < 4.78 is 61.8. The molecule has 11 nitrogen and oxygen atoms in total. The number of carbonyl (C=O) groups excluding carboxylic acids is 1. The number of hydrogen-bond acceptors (Lipinski definition) is 8. The van der Waals surface area contributed by atoms with E-state index in [0.717, 1.165) is 12.1 Å². The first kappa shape index (κ1) is 28.3. The molecule has 0 spiro atoms. The molecule has 0 saturated carbocycles. The lowest BCUT2D eigenvalue weighted by atomic mass is 10.0. The first-order valence-corrected chi connectivity index (χ1v) is 15.6. The Labute approximate surface area is 237 Å². The standard InChI is InChI=1S/C28H27N3O8S2/c1-28(2,3)39-27(32)30(41(37,38)26-12-8-7-11-25(26)31(33)34)24-16-13-20-21(24)14-15-23-22(20)17-18-29(23)40(35,36)19-9-5-4-6-10-19/h4-12,14-15,17-18,24H,13,16H2,1-3H3/t24-/m1/s1. The molecule has 1 aliphatic rings. The summed E-state index contributed by atoms with van der Waals surface area (Å²) in [7, 11) is -8.67. The SMILES string of the molecule is CC(C)(C)OC(=O)N([C@@H]1CCc2c1ccc1c2ccn1S(=O)(=O)c1ccccc1)S(=O)(=O)c1ccccc1[N+](=O)[O-]. The average Bonchev–Trinajstić information content (AvgIpc) is 3.53. The van der Waals surface area contributed by atoms with Crippen molar-refractivity contribution in [3.63, 3.8) is 0 Å². The van der Waals surface area contributed by atoms with Crippen molar-refractivity contribution in [2.75, 3.05) is 0 Å². The van der Waals surface area contributed by atoms with Crippen molar-refractivity contribution in [3.8, 4) is 0 Å². The highest BCUT2D eigenvalue weighted by Gasteiger charge is 2.44. The smallest absolute Gasteiger partial charge is 0.424 e. The third kappa shape index (κ3) is 4.95. The van der Waals surface area contributed by atoms with Crippen LogP contribution in [-0.2, 0) is 31.2 Å². The molecule has 214 valence electrons. The van der Waals surface area contributed by atoms with E-state index in [9.17, 15) is 31.7 Å². The van der Waals surface area contributed by atoms with E-state index in [0.29, 0.717) is 32.8 Å². The van der Waals surface area contributed by atoms with Gasteiger partial charge in [-0.3, -0.25) is 10.1 Å². The molecule has 4 aromatic rings. The second kappa shape index (κ2) is 10.00. The number of carbonyl (C=O) groups is 1. The van der Waals surface area contributed by atoms with E-state index < -0.39 is 53.3 Å². The zero-order valence-electron chi connectivity index (χ0n) is 22.4. The molecule has 1 amide bonds. The van der Waals surface area contributed by atoms with Crippen molar-refractivity contribution in [2.24, 2.45) is 0 Å². The topological polar surface area (TPSA) is 146 Å². The molecule has 0 unspecified atom stereocenters. The van der Waals surface area contributed by atoms with E-state index >= 15 is 0 Å². The number of sulfonamides is 1. The van der Waals surface area contributed by atoms with Crippen LogP contribution in [0.3, 0.4) is 0 Å². The third-order valence-corrected chi connectivity index (χ3v) is 10.3. The number of nitrogens with zero attached hydrogens (tertiary/aromatic N) is 3. The van der Waals surface area contributed by atoms with Gasteiger partial charge in [0, 0.05) is 17.6 Å². The summed E-state index contributed by atoms with van der Waals surface area (Å²) in [5, 5.41) is 12.3. The highest BCUT2D eigenvalue weighted by Crippen LogP contribution is 2.44. The predicted octanol–water partition coefficient (Wildman–Crippen LogP) is 5.40. The number of amides is 1. The van der Waals surface area contributed by atoms with Crippen LogP contribution in [0.2, 0.25) is 0 Å². The van der Waals surface area contributed by atoms with Gasteiger partial charge in [0.25, 0.3) is 25.7 Å². The minimum absolute atomic E-state index is 0.113. The summed E-state index contributed by atoms with van der Waals surface area (Å²) in [6.45, 7) is 4.76. The highest BCUT2D eigenvalue weighted by atomic mass is 32.2. The van der Waals surface area contributed by atoms with Crippen LogP contribution in [0.15, 0.2) is 88.8 Å². The summed E-state index contributed by atoms with van der Waals surface area (Å²) in [5.41, 5.74) is -0.153. The van der Waals surface area contributed by atoms with Crippen molar-refractivity contribution in [1.29, 1.82) is 0 Å². The van der Waals surface area contributed by atoms with Crippen LogP contribution in [0.4, 0.5) is 10.5 Å². The maximum atomic E-state index is 14.0. The van der Waals surface area contributed by atoms with E-state index in [2.05, 4.69) is 0 Å². The second-order valence-electron chi connectivity index (χ2n) is 10.6. The van der Waals surface area contributed by atoms with Crippen molar-refractivity contribution in [2.45, 2.75) is 55.0 Å². The number of aryl methyl sites for hydroxylation is 1. The molecule has 3 aromatic carbocycles. The molecule has 0 bridgehead atoms. The van der Waals surface area contributed by atoms with Crippen LogP contribution in [-0.4, -0.2) is 41.7 Å². The Morgan fingerprint density at radius 1 is 0.976 bits per heavy atom. The number of nitro groups is 1. The Morgan fingerprint density at radius 3 is 2.29 bits per heavy atom. The molecular weight excluding hydrogens is 570 g/mol. The number of fused-ring (bicyclic) bond motifs is 3. The maximum absolute atomic E-state index is 14.0. The summed E-state index contributed by atoms with van der Waals surface area (Å²) in [4.78, 5) is 23.8. The van der Waals surface area contributed by atoms with Gasteiger partial charge in [-0.15, -0.1) is 0 Å². The average molecular weight is 598 g/mol. The van der Waals surface area contributed by atoms with E-state index in [-0.39, 0.29) is 11.3 Å². The molecular formula is C28H27N3O8S2. The van der Waals surface area contributed by atoms with E-state index in [4.69, 9.17) is 4.74 Å². The molecule has 1 atom stereocenters. The van der Waals surface area contributed by atoms with Crippen LogP contribution < -0.4 is 0 Å². The molecule has 0 radical (unpaired) electrons. The minimum Gasteiger partial charge on any atom is -0.443 e.